The van der Waals surface area contributed by atoms with E-state index in [9.17, 15) is 9.59 Å². The van der Waals surface area contributed by atoms with Crippen LogP contribution in [0.25, 0.3) is 0 Å². The lowest BCUT2D eigenvalue weighted by molar-refractivity contribution is -0.123. The number of hydrogen-bond acceptors (Lipinski definition) is 4. The van der Waals surface area contributed by atoms with Crippen molar-refractivity contribution >= 4 is 17.5 Å². The van der Waals surface area contributed by atoms with Gasteiger partial charge in [-0.1, -0.05) is 18.6 Å². The van der Waals surface area contributed by atoms with Gasteiger partial charge in [-0.05, 0) is 49.2 Å². The van der Waals surface area contributed by atoms with E-state index < -0.39 is 0 Å². The first-order valence-corrected chi connectivity index (χ1v) is 8.54. The Kier molecular flexibility index (Phi) is 5.74. The molecule has 2 amide bonds. The van der Waals surface area contributed by atoms with Gasteiger partial charge in [0.2, 0.25) is 5.91 Å². The number of piperidine rings is 1. The third kappa shape index (κ3) is 4.87. The first kappa shape index (κ1) is 17.1. The number of amides is 2. The van der Waals surface area contributed by atoms with E-state index in [0.717, 1.165) is 31.4 Å². The van der Waals surface area contributed by atoms with Gasteiger partial charge in [-0.2, -0.15) is 0 Å². The Bertz CT molecular complexity index is 710. The summed E-state index contributed by atoms with van der Waals surface area (Å²) in [6.45, 7) is 1.39. The van der Waals surface area contributed by atoms with Crippen LogP contribution in [0.3, 0.4) is 0 Å². The highest BCUT2D eigenvalue weighted by Gasteiger charge is 2.19. The van der Waals surface area contributed by atoms with Crippen molar-refractivity contribution in [3.05, 3.63) is 59.9 Å². The lowest BCUT2D eigenvalue weighted by Crippen LogP contribution is -2.46. The monoisotopic (exact) mass is 338 g/mol. The molecule has 1 fully saturated rings. The van der Waals surface area contributed by atoms with Crippen LogP contribution >= 0.6 is 0 Å². The van der Waals surface area contributed by atoms with Crippen LogP contribution in [-0.4, -0.2) is 29.4 Å². The molecule has 1 saturated heterocycles. The van der Waals surface area contributed by atoms with Crippen LogP contribution in [0.15, 0.2) is 48.8 Å². The number of rotatable bonds is 5. The second kappa shape index (κ2) is 8.39. The summed E-state index contributed by atoms with van der Waals surface area (Å²) >= 11 is 0. The molecule has 0 radical (unpaired) electrons. The zero-order valence-electron chi connectivity index (χ0n) is 14.0. The van der Waals surface area contributed by atoms with Crippen molar-refractivity contribution in [1.82, 2.24) is 15.6 Å². The number of carbonyl (C=O) groups excluding carboxylic acids is 2. The molecule has 0 unspecified atom stereocenters. The molecule has 6 heteroatoms. The number of pyridine rings is 1. The number of aromatic nitrogens is 1. The van der Waals surface area contributed by atoms with Gasteiger partial charge >= 0.3 is 0 Å². The van der Waals surface area contributed by atoms with E-state index in [1.807, 2.05) is 24.3 Å². The first-order chi connectivity index (χ1) is 12.2. The highest BCUT2D eigenvalue weighted by Crippen LogP contribution is 2.12. The number of hydrogen-bond donors (Lipinski definition) is 3. The Morgan fingerprint density at radius 2 is 2.00 bits per heavy atom. The topological polar surface area (TPSA) is 83.1 Å². The third-order valence-corrected chi connectivity index (χ3v) is 4.23. The standard InChI is InChI=1S/C19H22N4O2/c24-18(15-4-3-10-20-13-15)23-16-8-6-14(7-9-16)12-22-19(25)17-5-1-2-11-21-17/h3-4,6-10,13,17,21H,1-2,5,11-12H2,(H,22,25)(H,23,24)/t17-/m1/s1. The molecule has 25 heavy (non-hydrogen) atoms. The molecule has 1 atom stereocenters. The highest BCUT2D eigenvalue weighted by atomic mass is 16.2. The van der Waals surface area contributed by atoms with Crippen molar-refractivity contribution in [2.24, 2.45) is 0 Å². The molecule has 0 bridgehead atoms. The summed E-state index contributed by atoms with van der Waals surface area (Å²) in [7, 11) is 0. The maximum Gasteiger partial charge on any atom is 0.257 e. The van der Waals surface area contributed by atoms with Gasteiger partial charge in [-0.15, -0.1) is 0 Å². The largest absolute Gasteiger partial charge is 0.351 e. The molecule has 3 N–H and O–H groups in total. The minimum atomic E-state index is -0.197. The Balaban J connectivity index is 1.50. The second-order valence-electron chi connectivity index (χ2n) is 6.11. The van der Waals surface area contributed by atoms with Crippen LogP contribution in [0.1, 0.15) is 35.2 Å². The van der Waals surface area contributed by atoms with Gasteiger partial charge < -0.3 is 16.0 Å². The van der Waals surface area contributed by atoms with E-state index in [-0.39, 0.29) is 17.9 Å². The van der Waals surface area contributed by atoms with Crippen molar-refractivity contribution in [1.29, 1.82) is 0 Å². The minimum absolute atomic E-state index is 0.0497. The molecule has 2 aromatic rings. The summed E-state index contributed by atoms with van der Waals surface area (Å²) in [5, 5.41) is 9.02. The van der Waals surface area contributed by atoms with Crippen molar-refractivity contribution in [3.8, 4) is 0 Å². The van der Waals surface area contributed by atoms with E-state index in [1.54, 1.807) is 18.3 Å². The summed E-state index contributed by atoms with van der Waals surface area (Å²) in [5.74, 6) is -0.147. The van der Waals surface area contributed by atoms with Crippen LogP contribution in [0.5, 0.6) is 0 Å². The molecule has 2 heterocycles. The zero-order valence-corrected chi connectivity index (χ0v) is 14.0. The molecule has 130 valence electrons. The van der Waals surface area contributed by atoms with E-state index in [0.29, 0.717) is 17.8 Å². The molecule has 1 aromatic carbocycles. The molecule has 3 rings (SSSR count). The van der Waals surface area contributed by atoms with E-state index in [2.05, 4.69) is 20.9 Å². The van der Waals surface area contributed by atoms with Crippen LogP contribution < -0.4 is 16.0 Å². The fourth-order valence-electron chi connectivity index (χ4n) is 2.79. The van der Waals surface area contributed by atoms with Gasteiger partial charge in [0.1, 0.15) is 0 Å². The number of nitrogens with one attached hydrogen (secondary N) is 3. The number of anilines is 1. The Morgan fingerprint density at radius 1 is 1.16 bits per heavy atom. The van der Waals surface area contributed by atoms with Crippen molar-refractivity contribution in [3.63, 3.8) is 0 Å². The summed E-state index contributed by atoms with van der Waals surface area (Å²) in [6.07, 6.45) is 6.28. The van der Waals surface area contributed by atoms with Crippen LogP contribution in [0.2, 0.25) is 0 Å². The predicted octanol–water partition coefficient (Wildman–Crippen LogP) is 2.09. The Labute approximate surface area is 147 Å². The van der Waals surface area contributed by atoms with Gasteiger partial charge in [-0.3, -0.25) is 14.6 Å². The van der Waals surface area contributed by atoms with Crippen LogP contribution in [-0.2, 0) is 11.3 Å². The fraction of sp³-hybridized carbons (Fsp3) is 0.316. The fourth-order valence-corrected chi connectivity index (χ4v) is 2.79. The summed E-state index contributed by atoms with van der Waals surface area (Å²) in [5.41, 5.74) is 2.21. The van der Waals surface area contributed by atoms with Crippen molar-refractivity contribution in [2.45, 2.75) is 31.8 Å². The van der Waals surface area contributed by atoms with E-state index >= 15 is 0 Å². The van der Waals surface area contributed by atoms with Gasteiger partial charge in [0.15, 0.2) is 0 Å². The first-order valence-electron chi connectivity index (χ1n) is 8.54. The molecular formula is C19H22N4O2. The number of benzene rings is 1. The molecule has 0 spiro atoms. The smallest absolute Gasteiger partial charge is 0.257 e. The maximum atomic E-state index is 12.1. The highest BCUT2D eigenvalue weighted by molar-refractivity contribution is 6.04. The summed E-state index contributed by atoms with van der Waals surface area (Å²) in [6, 6.07) is 10.8. The maximum absolute atomic E-state index is 12.1. The molecule has 0 saturated carbocycles. The van der Waals surface area contributed by atoms with E-state index in [4.69, 9.17) is 0 Å². The van der Waals surface area contributed by atoms with Gasteiger partial charge in [0, 0.05) is 24.6 Å². The average molecular weight is 338 g/mol. The molecular weight excluding hydrogens is 316 g/mol. The predicted molar refractivity (Wildman–Crippen MR) is 96.1 cm³/mol. The molecule has 1 aromatic heterocycles. The molecule has 1 aliphatic heterocycles. The molecule has 6 nitrogen and oxygen atoms in total. The van der Waals surface area contributed by atoms with Crippen LogP contribution in [0, 0.1) is 0 Å². The number of nitrogens with zero attached hydrogens (tertiary/aromatic N) is 1. The van der Waals surface area contributed by atoms with Crippen molar-refractivity contribution < 1.29 is 9.59 Å². The summed E-state index contributed by atoms with van der Waals surface area (Å²) < 4.78 is 0. The lowest BCUT2D eigenvalue weighted by Gasteiger charge is -2.22. The quantitative estimate of drug-likeness (QED) is 0.779. The Morgan fingerprint density at radius 3 is 2.68 bits per heavy atom. The normalized spacial score (nSPS) is 16.9. The van der Waals surface area contributed by atoms with Gasteiger partial charge in [0.25, 0.3) is 5.91 Å². The minimum Gasteiger partial charge on any atom is -0.351 e. The van der Waals surface area contributed by atoms with E-state index in [1.165, 1.54) is 6.20 Å². The summed E-state index contributed by atoms with van der Waals surface area (Å²) in [4.78, 5) is 28.1. The third-order valence-electron chi connectivity index (χ3n) is 4.23. The Hall–Kier alpha value is -2.73. The lowest BCUT2D eigenvalue weighted by atomic mass is 10.0. The zero-order chi connectivity index (χ0) is 17.5. The average Bonchev–Trinajstić information content (AvgIpc) is 2.68. The van der Waals surface area contributed by atoms with Gasteiger partial charge in [-0.25, -0.2) is 0 Å². The molecule has 1 aliphatic rings. The second-order valence-corrected chi connectivity index (χ2v) is 6.11. The number of carbonyl (C=O) groups is 2. The van der Waals surface area contributed by atoms with Crippen molar-refractivity contribution in [2.75, 3.05) is 11.9 Å². The SMILES string of the molecule is O=C(Nc1ccc(CNC(=O)[C@H]2CCCCN2)cc1)c1cccnc1. The van der Waals surface area contributed by atoms with Gasteiger partial charge in [0.05, 0.1) is 11.6 Å². The molecule has 0 aliphatic carbocycles. The van der Waals surface area contributed by atoms with Crippen LogP contribution in [0.4, 0.5) is 5.69 Å².